The van der Waals surface area contributed by atoms with Gasteiger partial charge in [0.2, 0.25) is 0 Å². The molecule has 0 aliphatic heterocycles. The molecule has 4 nitrogen and oxygen atoms in total. The summed E-state index contributed by atoms with van der Waals surface area (Å²) in [6, 6.07) is 2.40. The molecule has 1 aliphatic rings. The number of hydrogen-bond donors (Lipinski definition) is 1. The molecule has 16 heavy (non-hydrogen) atoms. The summed E-state index contributed by atoms with van der Waals surface area (Å²) in [7, 11) is 0. The summed E-state index contributed by atoms with van der Waals surface area (Å²) in [5.41, 5.74) is 0.360. The number of nitrogens with zero attached hydrogens (tertiary/aromatic N) is 3. The third-order valence-corrected chi connectivity index (χ3v) is 3.25. The fourth-order valence-corrected chi connectivity index (χ4v) is 2.27. The standard InChI is InChI=1S/C12H16N4/c1-9(10-4-2-3-5-10)16-12-8-14-11(6-13)7-15-12/h7-10H,2-5H2,1H3,(H,15,16). The largest absolute Gasteiger partial charge is 0.366 e. The number of hydrogen-bond acceptors (Lipinski definition) is 4. The molecule has 4 heteroatoms. The van der Waals surface area contributed by atoms with Gasteiger partial charge in [0.25, 0.3) is 0 Å². The van der Waals surface area contributed by atoms with Crippen LogP contribution >= 0.6 is 0 Å². The number of anilines is 1. The molecule has 0 saturated heterocycles. The predicted molar refractivity (Wildman–Crippen MR) is 61.8 cm³/mol. The molecule has 1 N–H and O–H groups in total. The van der Waals surface area contributed by atoms with Gasteiger partial charge >= 0.3 is 0 Å². The van der Waals surface area contributed by atoms with E-state index in [1.165, 1.54) is 31.9 Å². The van der Waals surface area contributed by atoms with E-state index in [4.69, 9.17) is 5.26 Å². The maximum Gasteiger partial charge on any atom is 0.158 e. The third kappa shape index (κ3) is 2.48. The first-order valence-corrected chi connectivity index (χ1v) is 5.78. The lowest BCUT2D eigenvalue weighted by atomic mass is 10.00. The van der Waals surface area contributed by atoms with Crippen LogP contribution in [0.4, 0.5) is 5.82 Å². The van der Waals surface area contributed by atoms with E-state index in [2.05, 4.69) is 22.2 Å². The van der Waals surface area contributed by atoms with E-state index in [1.807, 2.05) is 6.07 Å². The molecule has 1 unspecified atom stereocenters. The first-order valence-electron chi connectivity index (χ1n) is 5.78. The quantitative estimate of drug-likeness (QED) is 0.842. The predicted octanol–water partition coefficient (Wildman–Crippen LogP) is 2.34. The van der Waals surface area contributed by atoms with Crippen molar-refractivity contribution in [2.24, 2.45) is 5.92 Å². The summed E-state index contributed by atoms with van der Waals surface area (Å²) >= 11 is 0. The summed E-state index contributed by atoms with van der Waals surface area (Å²) in [4.78, 5) is 8.16. The number of rotatable bonds is 3. The molecule has 0 spiro atoms. The van der Waals surface area contributed by atoms with Gasteiger partial charge in [0, 0.05) is 6.04 Å². The molecular formula is C12H16N4. The maximum atomic E-state index is 8.61. The van der Waals surface area contributed by atoms with E-state index in [0.29, 0.717) is 11.7 Å². The van der Waals surface area contributed by atoms with Gasteiger partial charge in [-0.3, -0.25) is 0 Å². The average Bonchev–Trinajstić information content (AvgIpc) is 2.83. The van der Waals surface area contributed by atoms with Gasteiger partial charge in [-0.1, -0.05) is 12.8 Å². The second-order valence-electron chi connectivity index (χ2n) is 4.38. The fourth-order valence-electron chi connectivity index (χ4n) is 2.27. The van der Waals surface area contributed by atoms with Crippen LogP contribution < -0.4 is 5.32 Å². The Labute approximate surface area is 95.7 Å². The van der Waals surface area contributed by atoms with Crippen molar-refractivity contribution >= 4 is 5.82 Å². The molecule has 1 aliphatic carbocycles. The van der Waals surface area contributed by atoms with Crippen molar-refractivity contribution in [3.05, 3.63) is 18.1 Å². The molecule has 1 saturated carbocycles. The van der Waals surface area contributed by atoms with Gasteiger partial charge in [-0.15, -0.1) is 0 Å². The molecule has 1 heterocycles. The zero-order valence-electron chi connectivity index (χ0n) is 9.48. The van der Waals surface area contributed by atoms with Crippen molar-refractivity contribution in [3.63, 3.8) is 0 Å². The van der Waals surface area contributed by atoms with Gasteiger partial charge in [-0.25, -0.2) is 9.97 Å². The van der Waals surface area contributed by atoms with Crippen LogP contribution in [-0.4, -0.2) is 16.0 Å². The first-order chi connectivity index (χ1) is 7.79. The SMILES string of the molecule is CC(Nc1cnc(C#N)cn1)C1CCCC1. The zero-order chi connectivity index (χ0) is 11.4. The molecular weight excluding hydrogens is 200 g/mol. The number of nitriles is 1. The molecule has 2 rings (SSSR count). The molecule has 84 valence electrons. The second-order valence-corrected chi connectivity index (χ2v) is 4.38. The number of aromatic nitrogens is 2. The summed E-state index contributed by atoms with van der Waals surface area (Å²) in [6.45, 7) is 2.19. The van der Waals surface area contributed by atoms with Crippen LogP contribution in [0.25, 0.3) is 0 Å². The van der Waals surface area contributed by atoms with Crippen LogP contribution in [0.15, 0.2) is 12.4 Å². The monoisotopic (exact) mass is 216 g/mol. The second kappa shape index (κ2) is 4.93. The smallest absolute Gasteiger partial charge is 0.158 e. The zero-order valence-corrected chi connectivity index (χ0v) is 9.48. The van der Waals surface area contributed by atoms with Crippen molar-refractivity contribution in [1.29, 1.82) is 5.26 Å². The van der Waals surface area contributed by atoms with E-state index in [-0.39, 0.29) is 0 Å². The van der Waals surface area contributed by atoms with Crippen molar-refractivity contribution in [2.45, 2.75) is 38.6 Å². The van der Waals surface area contributed by atoms with Crippen LogP contribution in [0.2, 0.25) is 0 Å². The Balaban J connectivity index is 1.95. The molecule has 0 amide bonds. The van der Waals surface area contributed by atoms with Crippen LogP contribution in [0.1, 0.15) is 38.3 Å². The molecule has 1 atom stereocenters. The van der Waals surface area contributed by atoms with Gasteiger partial charge < -0.3 is 5.32 Å². The van der Waals surface area contributed by atoms with Crippen molar-refractivity contribution < 1.29 is 0 Å². The molecule has 0 radical (unpaired) electrons. The Kier molecular flexibility index (Phi) is 3.35. The fraction of sp³-hybridized carbons (Fsp3) is 0.583. The molecule has 0 bridgehead atoms. The lowest BCUT2D eigenvalue weighted by Crippen LogP contribution is -2.24. The van der Waals surface area contributed by atoms with Crippen molar-refractivity contribution in [3.8, 4) is 6.07 Å². The van der Waals surface area contributed by atoms with Gasteiger partial charge in [0.15, 0.2) is 5.69 Å². The minimum Gasteiger partial charge on any atom is -0.366 e. The molecule has 0 aromatic carbocycles. The lowest BCUT2D eigenvalue weighted by Gasteiger charge is -2.20. The Morgan fingerprint density at radius 1 is 1.38 bits per heavy atom. The van der Waals surface area contributed by atoms with E-state index >= 15 is 0 Å². The van der Waals surface area contributed by atoms with Crippen LogP contribution in [-0.2, 0) is 0 Å². The average molecular weight is 216 g/mol. The van der Waals surface area contributed by atoms with Crippen molar-refractivity contribution in [2.75, 3.05) is 5.32 Å². The van der Waals surface area contributed by atoms with E-state index in [1.54, 1.807) is 6.20 Å². The Morgan fingerprint density at radius 3 is 2.69 bits per heavy atom. The highest BCUT2D eigenvalue weighted by atomic mass is 15.0. The topological polar surface area (TPSA) is 61.6 Å². The van der Waals surface area contributed by atoms with Gasteiger partial charge in [0.05, 0.1) is 12.4 Å². The summed E-state index contributed by atoms with van der Waals surface area (Å²) in [5.74, 6) is 1.51. The summed E-state index contributed by atoms with van der Waals surface area (Å²) in [6.07, 6.45) is 8.43. The van der Waals surface area contributed by atoms with Crippen molar-refractivity contribution in [1.82, 2.24) is 9.97 Å². The minimum absolute atomic E-state index is 0.360. The highest BCUT2D eigenvalue weighted by Gasteiger charge is 2.21. The van der Waals surface area contributed by atoms with E-state index < -0.39 is 0 Å². The van der Waals surface area contributed by atoms with Crippen LogP contribution in [0.5, 0.6) is 0 Å². The minimum atomic E-state index is 0.360. The maximum absolute atomic E-state index is 8.61. The molecule has 1 aromatic heterocycles. The van der Waals surface area contributed by atoms with Crippen LogP contribution in [0, 0.1) is 17.2 Å². The Morgan fingerprint density at radius 2 is 2.12 bits per heavy atom. The number of nitrogens with one attached hydrogen (secondary N) is 1. The normalized spacial score (nSPS) is 18.0. The van der Waals surface area contributed by atoms with Crippen LogP contribution in [0.3, 0.4) is 0 Å². The Hall–Kier alpha value is -1.63. The molecule has 1 aromatic rings. The molecule has 1 fully saturated rings. The van der Waals surface area contributed by atoms with E-state index in [0.717, 1.165) is 11.7 Å². The highest BCUT2D eigenvalue weighted by molar-refractivity contribution is 5.34. The van der Waals surface area contributed by atoms with Gasteiger partial charge in [-0.2, -0.15) is 5.26 Å². The Bertz CT molecular complexity index is 373. The summed E-state index contributed by atoms with van der Waals surface area (Å²) < 4.78 is 0. The highest BCUT2D eigenvalue weighted by Crippen LogP contribution is 2.28. The third-order valence-electron chi connectivity index (χ3n) is 3.25. The first kappa shape index (κ1) is 10.9. The lowest BCUT2D eigenvalue weighted by molar-refractivity contribution is 0.481. The van der Waals surface area contributed by atoms with E-state index in [9.17, 15) is 0 Å². The summed E-state index contributed by atoms with van der Waals surface area (Å²) in [5, 5.41) is 12.0. The van der Waals surface area contributed by atoms with Gasteiger partial charge in [-0.05, 0) is 25.7 Å². The van der Waals surface area contributed by atoms with Gasteiger partial charge in [0.1, 0.15) is 11.9 Å².